The lowest BCUT2D eigenvalue weighted by molar-refractivity contribution is -0.145. The van der Waals surface area contributed by atoms with Crippen LogP contribution in [0.3, 0.4) is 0 Å². The van der Waals surface area contributed by atoms with Crippen molar-refractivity contribution in [3.05, 3.63) is 30.1 Å². The minimum Gasteiger partial charge on any atom is -0.481 e. The van der Waals surface area contributed by atoms with Crippen LogP contribution in [0.1, 0.15) is 23.8 Å². The Bertz CT molecular complexity index is 758. The van der Waals surface area contributed by atoms with Crippen LogP contribution in [-0.4, -0.2) is 50.6 Å². The Morgan fingerprint density at radius 3 is 2.83 bits per heavy atom. The first-order valence-electron chi connectivity index (χ1n) is 7.56. The molecule has 0 saturated carbocycles. The van der Waals surface area contributed by atoms with E-state index in [1.807, 2.05) is 42.0 Å². The third-order valence-electron chi connectivity index (χ3n) is 4.41. The van der Waals surface area contributed by atoms with E-state index in [0.29, 0.717) is 25.2 Å². The molecule has 1 aliphatic heterocycles. The Labute approximate surface area is 138 Å². The highest BCUT2D eigenvalue weighted by atomic mass is 32.2. The fourth-order valence-corrected chi connectivity index (χ4v) is 3.70. The molecule has 2 aromatic heterocycles. The summed E-state index contributed by atoms with van der Waals surface area (Å²) >= 11 is 1.49. The average Bonchev–Trinajstić information content (AvgIpc) is 2.92. The number of carboxylic acids is 1. The van der Waals surface area contributed by atoms with Crippen molar-refractivity contribution < 1.29 is 14.7 Å². The molecule has 7 heteroatoms. The number of thioether (sulfide) groups is 1. The summed E-state index contributed by atoms with van der Waals surface area (Å²) in [4.78, 5) is 30.3. The van der Waals surface area contributed by atoms with E-state index in [-0.39, 0.29) is 17.7 Å². The fourth-order valence-electron chi connectivity index (χ4n) is 3.16. The van der Waals surface area contributed by atoms with Gasteiger partial charge in [0.15, 0.2) is 10.9 Å². The van der Waals surface area contributed by atoms with Gasteiger partial charge in [-0.05, 0) is 30.7 Å². The molecule has 1 fully saturated rings. The molecule has 3 heterocycles. The van der Waals surface area contributed by atoms with E-state index in [4.69, 9.17) is 0 Å². The monoisotopic (exact) mass is 333 g/mol. The molecule has 1 aliphatic rings. The van der Waals surface area contributed by atoms with Gasteiger partial charge >= 0.3 is 5.97 Å². The number of imidazole rings is 1. The van der Waals surface area contributed by atoms with Gasteiger partial charge in [-0.2, -0.15) is 0 Å². The summed E-state index contributed by atoms with van der Waals surface area (Å²) in [6, 6.07) is 5.67. The molecule has 0 aromatic carbocycles. The van der Waals surface area contributed by atoms with Gasteiger partial charge in [0.2, 0.25) is 0 Å². The number of carbonyl (C=O) groups excluding carboxylic acids is 1. The number of likely N-dealkylation sites (tertiary alicyclic amines) is 1. The van der Waals surface area contributed by atoms with E-state index in [2.05, 4.69) is 4.98 Å². The second kappa shape index (κ2) is 6.23. The zero-order valence-electron chi connectivity index (χ0n) is 13.1. The number of piperidine rings is 1. The van der Waals surface area contributed by atoms with Crippen molar-refractivity contribution >= 4 is 29.2 Å². The maximum absolute atomic E-state index is 12.9. The zero-order chi connectivity index (χ0) is 16.6. The van der Waals surface area contributed by atoms with Gasteiger partial charge in [-0.3, -0.25) is 14.0 Å². The lowest BCUT2D eigenvalue weighted by Gasteiger charge is -2.34. The number of amides is 1. The predicted molar refractivity (Wildman–Crippen MR) is 87.8 cm³/mol. The number of aromatic nitrogens is 2. The number of aliphatic carboxylic acids is 1. The molecule has 1 saturated heterocycles. The second-order valence-electron chi connectivity index (χ2n) is 5.86. The summed E-state index contributed by atoms with van der Waals surface area (Å²) in [5.41, 5.74) is 1.23. The Morgan fingerprint density at radius 2 is 2.17 bits per heavy atom. The molecule has 0 aliphatic carbocycles. The van der Waals surface area contributed by atoms with Gasteiger partial charge in [0.1, 0.15) is 0 Å². The highest BCUT2D eigenvalue weighted by Crippen LogP contribution is 2.26. The van der Waals surface area contributed by atoms with E-state index >= 15 is 0 Å². The Kier molecular flexibility index (Phi) is 4.30. The first-order chi connectivity index (χ1) is 11.0. The molecule has 23 heavy (non-hydrogen) atoms. The minimum atomic E-state index is -0.776. The molecule has 3 rings (SSSR count). The molecule has 122 valence electrons. The van der Waals surface area contributed by atoms with Gasteiger partial charge in [0, 0.05) is 19.3 Å². The van der Waals surface area contributed by atoms with Crippen LogP contribution in [0.25, 0.3) is 5.52 Å². The molecular formula is C16H19N3O3S. The van der Waals surface area contributed by atoms with E-state index in [9.17, 15) is 14.7 Å². The lowest BCUT2D eigenvalue weighted by atomic mass is 9.87. The number of hydrogen-bond acceptors (Lipinski definition) is 4. The van der Waals surface area contributed by atoms with E-state index in [1.54, 1.807) is 4.90 Å². The van der Waals surface area contributed by atoms with Crippen molar-refractivity contribution in [2.45, 2.75) is 18.5 Å². The highest BCUT2D eigenvalue weighted by Gasteiger charge is 2.34. The summed E-state index contributed by atoms with van der Waals surface area (Å²) in [5, 5.41) is 9.98. The first kappa shape index (κ1) is 15.9. The van der Waals surface area contributed by atoms with E-state index in [1.165, 1.54) is 11.8 Å². The number of rotatable bonds is 3. The smallest absolute Gasteiger partial charge is 0.306 e. The van der Waals surface area contributed by atoms with Gasteiger partial charge in [0.05, 0.1) is 11.4 Å². The van der Waals surface area contributed by atoms with Gasteiger partial charge in [-0.15, -0.1) is 0 Å². The maximum Gasteiger partial charge on any atom is 0.306 e. The number of nitrogens with zero attached hydrogens (tertiary/aromatic N) is 3. The molecule has 0 radical (unpaired) electrons. The molecule has 0 spiro atoms. The molecule has 0 bridgehead atoms. The Morgan fingerprint density at radius 1 is 1.39 bits per heavy atom. The Balaban J connectivity index is 1.88. The number of fused-ring (bicyclic) bond motifs is 1. The van der Waals surface area contributed by atoms with Crippen LogP contribution in [0.15, 0.2) is 29.6 Å². The van der Waals surface area contributed by atoms with Gasteiger partial charge < -0.3 is 10.0 Å². The van der Waals surface area contributed by atoms with E-state index in [0.717, 1.165) is 10.7 Å². The number of pyridine rings is 1. The summed E-state index contributed by atoms with van der Waals surface area (Å²) in [6.45, 7) is 2.80. The van der Waals surface area contributed by atoms with Gasteiger partial charge in [-0.1, -0.05) is 24.8 Å². The summed E-state index contributed by atoms with van der Waals surface area (Å²) in [7, 11) is 0. The second-order valence-corrected chi connectivity index (χ2v) is 6.64. The quantitative estimate of drug-likeness (QED) is 0.872. The minimum absolute atomic E-state index is 0.0564. The third kappa shape index (κ3) is 2.81. The van der Waals surface area contributed by atoms with Gasteiger partial charge in [0.25, 0.3) is 5.91 Å². The van der Waals surface area contributed by atoms with Crippen molar-refractivity contribution in [2.75, 3.05) is 19.3 Å². The van der Waals surface area contributed by atoms with Crippen LogP contribution in [0.4, 0.5) is 0 Å². The summed E-state index contributed by atoms with van der Waals surface area (Å²) in [6.07, 6.45) is 4.31. The molecule has 2 atom stereocenters. The van der Waals surface area contributed by atoms with Crippen LogP contribution in [0.2, 0.25) is 0 Å². The zero-order valence-corrected chi connectivity index (χ0v) is 13.9. The van der Waals surface area contributed by atoms with Crippen LogP contribution in [-0.2, 0) is 4.79 Å². The highest BCUT2D eigenvalue weighted by molar-refractivity contribution is 7.98. The molecule has 2 aromatic rings. The first-order valence-corrected chi connectivity index (χ1v) is 8.78. The molecule has 1 N–H and O–H groups in total. The van der Waals surface area contributed by atoms with Crippen LogP contribution in [0, 0.1) is 11.8 Å². The molecular weight excluding hydrogens is 314 g/mol. The average molecular weight is 333 g/mol. The van der Waals surface area contributed by atoms with Crippen molar-refractivity contribution in [2.24, 2.45) is 11.8 Å². The number of carbonyl (C=O) groups is 2. The van der Waals surface area contributed by atoms with Crippen molar-refractivity contribution in [1.82, 2.24) is 14.3 Å². The lowest BCUT2D eigenvalue weighted by Crippen LogP contribution is -2.45. The third-order valence-corrected chi connectivity index (χ3v) is 5.06. The maximum atomic E-state index is 12.9. The molecule has 6 nitrogen and oxygen atoms in total. The van der Waals surface area contributed by atoms with Crippen molar-refractivity contribution in [1.29, 1.82) is 0 Å². The predicted octanol–water partition coefficient (Wildman–Crippen LogP) is 2.24. The topological polar surface area (TPSA) is 74.9 Å². The fraction of sp³-hybridized carbons (Fsp3) is 0.438. The normalized spacial score (nSPS) is 21.6. The molecule has 2 unspecified atom stereocenters. The largest absolute Gasteiger partial charge is 0.481 e. The van der Waals surface area contributed by atoms with Crippen molar-refractivity contribution in [3.63, 3.8) is 0 Å². The standard InChI is InChI=1S/C16H19N3O3S/c1-10-9-18(8-6-11(10)15(21)22)14(20)13-12-5-3-4-7-19(12)16(17-13)23-2/h3-5,7,10-11H,6,8-9H2,1-2H3,(H,21,22). The summed E-state index contributed by atoms with van der Waals surface area (Å²) in [5.74, 6) is -1.33. The van der Waals surface area contributed by atoms with Crippen LogP contribution in [0.5, 0.6) is 0 Å². The van der Waals surface area contributed by atoms with Crippen LogP contribution >= 0.6 is 11.8 Å². The summed E-state index contributed by atoms with van der Waals surface area (Å²) < 4.78 is 1.91. The number of hydrogen-bond donors (Lipinski definition) is 1. The number of carboxylic acid groups (broad SMARTS) is 1. The molecule has 1 amide bonds. The van der Waals surface area contributed by atoms with Crippen LogP contribution < -0.4 is 0 Å². The van der Waals surface area contributed by atoms with Gasteiger partial charge in [-0.25, -0.2) is 4.98 Å². The Hall–Kier alpha value is -2.02. The van der Waals surface area contributed by atoms with E-state index < -0.39 is 5.97 Å². The van der Waals surface area contributed by atoms with Crippen molar-refractivity contribution in [3.8, 4) is 0 Å². The SMILES string of the molecule is CSc1nc(C(=O)N2CCC(C(=O)O)C(C)C2)c2ccccn12.